The third-order valence-corrected chi connectivity index (χ3v) is 5.23. The Bertz CT molecular complexity index is 742. The number of carbonyl (C=O) groups is 1. The van der Waals surface area contributed by atoms with E-state index in [0.29, 0.717) is 23.5 Å². The molecule has 0 atom stereocenters. The van der Waals surface area contributed by atoms with Gasteiger partial charge in [-0.3, -0.25) is 0 Å². The highest BCUT2D eigenvalue weighted by atomic mass is 32.1. The van der Waals surface area contributed by atoms with Gasteiger partial charge in [0.2, 0.25) is 0 Å². The van der Waals surface area contributed by atoms with Crippen LogP contribution in [0.15, 0.2) is 18.2 Å². The van der Waals surface area contributed by atoms with Gasteiger partial charge in [0, 0.05) is 24.2 Å². The molecule has 0 aliphatic carbocycles. The van der Waals surface area contributed by atoms with Crippen molar-refractivity contribution >= 4 is 28.0 Å². The molecular weight excluding hydrogens is 303 g/mol. The zero-order chi connectivity index (χ0) is 15.9. The van der Waals surface area contributed by atoms with Gasteiger partial charge in [-0.05, 0) is 42.7 Å². The normalized spacial score (nSPS) is 13.9. The van der Waals surface area contributed by atoms with Crippen LogP contribution >= 0.6 is 11.3 Å². The van der Waals surface area contributed by atoms with Crippen molar-refractivity contribution in [1.29, 1.82) is 0 Å². The molecule has 0 bridgehead atoms. The molecule has 4 nitrogen and oxygen atoms in total. The van der Waals surface area contributed by atoms with Crippen molar-refractivity contribution in [3.05, 3.63) is 45.6 Å². The van der Waals surface area contributed by atoms with Gasteiger partial charge in [0.25, 0.3) is 0 Å². The lowest BCUT2D eigenvalue weighted by atomic mass is 10.0. The van der Waals surface area contributed by atoms with E-state index in [1.807, 2.05) is 6.92 Å². The maximum Gasteiger partial charge on any atom is 0.338 e. The van der Waals surface area contributed by atoms with Crippen LogP contribution in [0.2, 0.25) is 0 Å². The first kappa shape index (κ1) is 14.8. The van der Waals surface area contributed by atoms with E-state index in [1.54, 1.807) is 13.1 Å². The number of aromatic carboxylic acids is 1. The second-order valence-corrected chi connectivity index (χ2v) is 6.47. The SMILES string of the molecule is CNc1sc2c(c1C(=O)O)CCN(c1ccc(F)cc1C)C2. The smallest absolute Gasteiger partial charge is 0.338 e. The number of thiophene rings is 1. The van der Waals surface area contributed by atoms with E-state index >= 15 is 0 Å². The minimum absolute atomic E-state index is 0.235. The molecule has 2 aromatic rings. The van der Waals surface area contributed by atoms with Gasteiger partial charge in [0.15, 0.2) is 0 Å². The second kappa shape index (κ2) is 5.61. The fourth-order valence-electron chi connectivity index (χ4n) is 2.99. The summed E-state index contributed by atoms with van der Waals surface area (Å²) in [7, 11) is 1.74. The standard InChI is InChI=1S/C16H17FN2O2S/c1-9-7-10(17)3-4-12(9)19-6-5-11-13(8-19)22-15(18-2)14(11)16(20)21/h3-4,7,18H,5-6,8H2,1-2H3,(H,20,21). The van der Waals surface area contributed by atoms with Crippen molar-refractivity contribution in [2.24, 2.45) is 0 Å². The number of fused-ring (bicyclic) bond motifs is 1. The molecule has 1 aliphatic heterocycles. The number of aryl methyl sites for hydroxylation is 1. The molecule has 0 spiro atoms. The topological polar surface area (TPSA) is 52.6 Å². The highest BCUT2D eigenvalue weighted by molar-refractivity contribution is 7.16. The van der Waals surface area contributed by atoms with Crippen molar-refractivity contribution in [2.45, 2.75) is 19.9 Å². The van der Waals surface area contributed by atoms with Crippen LogP contribution < -0.4 is 10.2 Å². The van der Waals surface area contributed by atoms with Gasteiger partial charge in [0.05, 0.1) is 12.1 Å². The Morgan fingerprint density at radius 2 is 2.23 bits per heavy atom. The van der Waals surface area contributed by atoms with Crippen LogP contribution in [0.4, 0.5) is 15.1 Å². The molecule has 1 aliphatic rings. The number of carboxylic acid groups (broad SMARTS) is 1. The van der Waals surface area contributed by atoms with Crippen LogP contribution in [0.1, 0.15) is 26.4 Å². The van der Waals surface area contributed by atoms with Crippen LogP contribution in [0, 0.1) is 12.7 Å². The van der Waals surface area contributed by atoms with Gasteiger partial charge >= 0.3 is 5.97 Å². The van der Waals surface area contributed by atoms with Crippen molar-refractivity contribution in [3.63, 3.8) is 0 Å². The Kier molecular flexibility index (Phi) is 3.78. The molecule has 0 amide bonds. The summed E-state index contributed by atoms with van der Waals surface area (Å²) >= 11 is 1.49. The van der Waals surface area contributed by atoms with Gasteiger partial charge in [-0.1, -0.05) is 0 Å². The molecule has 1 aromatic carbocycles. The molecule has 3 rings (SSSR count). The van der Waals surface area contributed by atoms with Gasteiger partial charge in [-0.25, -0.2) is 9.18 Å². The van der Waals surface area contributed by atoms with E-state index in [0.717, 1.165) is 28.2 Å². The molecule has 0 fully saturated rings. The van der Waals surface area contributed by atoms with Crippen LogP contribution in [0.5, 0.6) is 0 Å². The molecule has 116 valence electrons. The van der Waals surface area contributed by atoms with Crippen LogP contribution in [-0.2, 0) is 13.0 Å². The number of anilines is 2. The van der Waals surface area contributed by atoms with E-state index in [-0.39, 0.29) is 5.82 Å². The zero-order valence-electron chi connectivity index (χ0n) is 12.4. The van der Waals surface area contributed by atoms with E-state index < -0.39 is 5.97 Å². The van der Waals surface area contributed by atoms with Gasteiger partial charge < -0.3 is 15.3 Å². The molecule has 0 saturated heterocycles. The first-order valence-electron chi connectivity index (χ1n) is 7.08. The van der Waals surface area contributed by atoms with Gasteiger partial charge in [-0.2, -0.15) is 0 Å². The molecule has 2 N–H and O–H groups in total. The number of halogens is 1. The Balaban J connectivity index is 1.96. The fourth-order valence-corrected chi connectivity index (χ4v) is 4.19. The Morgan fingerprint density at radius 3 is 2.86 bits per heavy atom. The molecule has 1 aromatic heterocycles. The van der Waals surface area contributed by atoms with Crippen molar-refractivity contribution < 1.29 is 14.3 Å². The highest BCUT2D eigenvalue weighted by Gasteiger charge is 2.27. The lowest BCUT2D eigenvalue weighted by molar-refractivity contribution is 0.0697. The minimum atomic E-state index is -0.881. The summed E-state index contributed by atoms with van der Waals surface area (Å²) in [6, 6.07) is 4.79. The van der Waals surface area contributed by atoms with Gasteiger partial charge in [-0.15, -0.1) is 11.3 Å². The number of hydrogen-bond donors (Lipinski definition) is 2. The predicted octanol–water partition coefficient (Wildman–Crippen LogP) is 3.50. The lowest BCUT2D eigenvalue weighted by Gasteiger charge is -2.30. The van der Waals surface area contributed by atoms with Gasteiger partial charge in [0.1, 0.15) is 10.8 Å². The van der Waals surface area contributed by atoms with E-state index in [1.165, 1.54) is 23.5 Å². The quantitative estimate of drug-likeness (QED) is 0.909. The van der Waals surface area contributed by atoms with E-state index in [9.17, 15) is 14.3 Å². The third-order valence-electron chi connectivity index (χ3n) is 4.00. The molecular formula is C16H17FN2O2S. The second-order valence-electron chi connectivity index (χ2n) is 5.37. The maximum atomic E-state index is 13.3. The van der Waals surface area contributed by atoms with Crippen LogP contribution in [0.25, 0.3) is 0 Å². The first-order chi connectivity index (χ1) is 10.5. The highest BCUT2D eigenvalue weighted by Crippen LogP contribution is 2.38. The lowest BCUT2D eigenvalue weighted by Crippen LogP contribution is -2.30. The monoisotopic (exact) mass is 320 g/mol. The molecule has 2 heterocycles. The Hall–Kier alpha value is -2.08. The van der Waals surface area contributed by atoms with Crippen molar-refractivity contribution in [1.82, 2.24) is 0 Å². The molecule has 22 heavy (non-hydrogen) atoms. The number of nitrogens with zero attached hydrogens (tertiary/aromatic N) is 1. The zero-order valence-corrected chi connectivity index (χ0v) is 13.3. The molecule has 0 radical (unpaired) electrons. The number of benzene rings is 1. The average Bonchev–Trinajstić information content (AvgIpc) is 2.84. The molecule has 0 unspecified atom stereocenters. The van der Waals surface area contributed by atoms with Crippen LogP contribution in [-0.4, -0.2) is 24.7 Å². The maximum absolute atomic E-state index is 13.3. The fraction of sp³-hybridized carbons (Fsp3) is 0.312. The average molecular weight is 320 g/mol. The number of carboxylic acids is 1. The number of hydrogen-bond acceptors (Lipinski definition) is 4. The summed E-state index contributed by atoms with van der Waals surface area (Å²) < 4.78 is 13.3. The van der Waals surface area contributed by atoms with Crippen molar-refractivity contribution in [3.8, 4) is 0 Å². The summed E-state index contributed by atoms with van der Waals surface area (Å²) in [5.41, 5.74) is 3.23. The summed E-state index contributed by atoms with van der Waals surface area (Å²) in [5.74, 6) is -1.12. The number of rotatable bonds is 3. The molecule has 0 saturated carbocycles. The summed E-state index contributed by atoms with van der Waals surface area (Å²) in [6.45, 7) is 3.29. The summed E-state index contributed by atoms with van der Waals surface area (Å²) in [6.07, 6.45) is 0.686. The van der Waals surface area contributed by atoms with E-state index in [4.69, 9.17) is 0 Å². The Morgan fingerprint density at radius 1 is 1.45 bits per heavy atom. The summed E-state index contributed by atoms with van der Waals surface area (Å²) in [5, 5.41) is 13.1. The predicted molar refractivity (Wildman–Crippen MR) is 86.7 cm³/mol. The summed E-state index contributed by atoms with van der Waals surface area (Å²) in [4.78, 5) is 14.7. The van der Waals surface area contributed by atoms with E-state index in [2.05, 4.69) is 10.2 Å². The first-order valence-corrected chi connectivity index (χ1v) is 7.89. The minimum Gasteiger partial charge on any atom is -0.478 e. The van der Waals surface area contributed by atoms with Crippen LogP contribution in [0.3, 0.4) is 0 Å². The Labute approximate surface area is 132 Å². The largest absolute Gasteiger partial charge is 0.478 e. The van der Waals surface area contributed by atoms with Crippen molar-refractivity contribution in [2.75, 3.05) is 23.8 Å². The molecule has 6 heteroatoms. The number of nitrogens with one attached hydrogen (secondary N) is 1. The third kappa shape index (κ3) is 2.43.